The molecule has 8 heteroatoms. The Kier molecular flexibility index (Phi) is 4.95. The van der Waals surface area contributed by atoms with Gasteiger partial charge in [0.25, 0.3) is 0 Å². The van der Waals surface area contributed by atoms with Crippen LogP contribution in [0.25, 0.3) is 11.1 Å². The smallest absolute Gasteiger partial charge is 0.243 e. The SMILES string of the molecule is Cc1ccc(S(=O)(=O)N2CCN(Cc3nc4ccc(F)cc4o3)CC2)c(C)c1. The molecule has 0 N–H and O–H groups in total. The van der Waals surface area contributed by atoms with Gasteiger partial charge in [-0.25, -0.2) is 17.8 Å². The molecule has 0 bridgehead atoms. The second-order valence-corrected chi connectivity index (χ2v) is 9.08. The quantitative estimate of drug-likeness (QED) is 0.670. The first-order valence-corrected chi connectivity index (χ1v) is 10.6. The van der Waals surface area contributed by atoms with Crippen LogP contribution in [0.4, 0.5) is 4.39 Å². The van der Waals surface area contributed by atoms with E-state index in [-0.39, 0.29) is 5.82 Å². The summed E-state index contributed by atoms with van der Waals surface area (Å²) in [7, 11) is -3.51. The maximum absolute atomic E-state index is 13.3. The molecule has 0 spiro atoms. The second-order valence-electron chi connectivity index (χ2n) is 7.17. The minimum atomic E-state index is -3.51. The summed E-state index contributed by atoms with van der Waals surface area (Å²) in [5.74, 6) is 0.145. The Bertz CT molecular complexity index is 1120. The van der Waals surface area contributed by atoms with Gasteiger partial charge in [-0.3, -0.25) is 4.90 Å². The molecule has 0 aliphatic carbocycles. The standard InChI is InChI=1S/C20H22FN3O3S/c1-14-3-6-19(15(2)11-14)28(25,26)24-9-7-23(8-10-24)13-20-22-17-5-4-16(21)12-18(17)27-20/h3-6,11-12H,7-10,13H2,1-2H3. The molecule has 4 rings (SSSR count). The van der Waals surface area contributed by atoms with E-state index in [4.69, 9.17) is 4.42 Å². The van der Waals surface area contributed by atoms with Gasteiger partial charge in [-0.15, -0.1) is 0 Å². The van der Waals surface area contributed by atoms with Gasteiger partial charge < -0.3 is 4.42 Å². The Hall–Kier alpha value is -2.29. The first-order chi connectivity index (χ1) is 13.3. The molecule has 1 fully saturated rings. The number of oxazole rings is 1. The van der Waals surface area contributed by atoms with Crippen LogP contribution in [0.3, 0.4) is 0 Å². The summed E-state index contributed by atoms with van der Waals surface area (Å²) in [6.07, 6.45) is 0. The van der Waals surface area contributed by atoms with E-state index in [0.717, 1.165) is 11.1 Å². The molecular weight excluding hydrogens is 381 g/mol. The molecule has 3 aromatic rings. The van der Waals surface area contributed by atoms with Gasteiger partial charge in [-0.05, 0) is 37.6 Å². The Morgan fingerprint density at radius 3 is 2.54 bits per heavy atom. The van der Waals surface area contributed by atoms with Crippen LogP contribution in [0.1, 0.15) is 17.0 Å². The van der Waals surface area contributed by atoms with Gasteiger partial charge in [0.05, 0.1) is 11.4 Å². The summed E-state index contributed by atoms with van der Waals surface area (Å²) in [4.78, 5) is 6.84. The number of fused-ring (bicyclic) bond motifs is 1. The van der Waals surface area contributed by atoms with Crippen LogP contribution in [-0.2, 0) is 16.6 Å². The molecule has 1 aromatic heterocycles. The number of hydrogen-bond acceptors (Lipinski definition) is 5. The van der Waals surface area contributed by atoms with E-state index in [1.807, 2.05) is 26.0 Å². The molecule has 2 aromatic carbocycles. The predicted molar refractivity (Wildman–Crippen MR) is 104 cm³/mol. The minimum absolute atomic E-state index is 0.361. The number of sulfonamides is 1. The number of halogens is 1. The highest BCUT2D eigenvalue weighted by Crippen LogP contribution is 2.23. The molecule has 0 atom stereocenters. The number of nitrogens with zero attached hydrogens (tertiary/aromatic N) is 3. The van der Waals surface area contributed by atoms with Crippen molar-refractivity contribution in [1.82, 2.24) is 14.2 Å². The van der Waals surface area contributed by atoms with Crippen LogP contribution in [0.2, 0.25) is 0 Å². The topological polar surface area (TPSA) is 66.7 Å². The Balaban J connectivity index is 1.43. The summed E-state index contributed by atoms with van der Waals surface area (Å²) >= 11 is 0. The molecule has 148 valence electrons. The zero-order valence-corrected chi connectivity index (χ0v) is 16.7. The van der Waals surface area contributed by atoms with Gasteiger partial charge >= 0.3 is 0 Å². The lowest BCUT2D eigenvalue weighted by molar-refractivity contribution is 0.169. The van der Waals surface area contributed by atoms with Crippen molar-refractivity contribution in [3.63, 3.8) is 0 Å². The van der Waals surface area contributed by atoms with E-state index in [2.05, 4.69) is 9.88 Å². The highest BCUT2D eigenvalue weighted by atomic mass is 32.2. The predicted octanol–water partition coefficient (Wildman–Crippen LogP) is 3.09. The van der Waals surface area contributed by atoms with Gasteiger partial charge in [0, 0.05) is 32.2 Å². The first kappa shape index (κ1) is 19.0. The third-order valence-corrected chi connectivity index (χ3v) is 7.09. The molecule has 0 radical (unpaired) electrons. The van der Waals surface area contributed by atoms with Crippen molar-refractivity contribution in [3.05, 3.63) is 59.2 Å². The molecular formula is C20H22FN3O3S. The van der Waals surface area contributed by atoms with Crippen molar-refractivity contribution in [2.75, 3.05) is 26.2 Å². The molecule has 0 amide bonds. The van der Waals surface area contributed by atoms with E-state index in [1.165, 1.54) is 16.4 Å². The average Bonchev–Trinajstić information content (AvgIpc) is 3.03. The molecule has 28 heavy (non-hydrogen) atoms. The summed E-state index contributed by atoms with van der Waals surface area (Å²) in [5, 5.41) is 0. The van der Waals surface area contributed by atoms with Crippen molar-refractivity contribution in [3.8, 4) is 0 Å². The Morgan fingerprint density at radius 1 is 1.07 bits per heavy atom. The van der Waals surface area contributed by atoms with Crippen LogP contribution < -0.4 is 0 Å². The van der Waals surface area contributed by atoms with Gasteiger partial charge in [0.2, 0.25) is 15.9 Å². The lowest BCUT2D eigenvalue weighted by Crippen LogP contribution is -2.48. The third kappa shape index (κ3) is 3.67. The molecule has 1 saturated heterocycles. The highest BCUT2D eigenvalue weighted by molar-refractivity contribution is 7.89. The number of piperazine rings is 1. The summed E-state index contributed by atoms with van der Waals surface area (Å²) in [6.45, 7) is 6.21. The van der Waals surface area contributed by atoms with Crippen molar-refractivity contribution < 1.29 is 17.2 Å². The second kappa shape index (κ2) is 7.27. The number of hydrogen-bond donors (Lipinski definition) is 0. The third-order valence-electron chi connectivity index (χ3n) is 5.03. The maximum atomic E-state index is 13.3. The zero-order chi connectivity index (χ0) is 19.9. The molecule has 1 aliphatic heterocycles. The minimum Gasteiger partial charge on any atom is -0.439 e. The van der Waals surface area contributed by atoms with Crippen LogP contribution in [0.5, 0.6) is 0 Å². The van der Waals surface area contributed by atoms with Crippen molar-refractivity contribution in [2.24, 2.45) is 0 Å². The van der Waals surface area contributed by atoms with Crippen LogP contribution in [0, 0.1) is 19.7 Å². The first-order valence-electron chi connectivity index (χ1n) is 9.18. The molecule has 0 saturated carbocycles. The van der Waals surface area contributed by atoms with Crippen molar-refractivity contribution in [1.29, 1.82) is 0 Å². The fourth-order valence-corrected chi connectivity index (χ4v) is 5.19. The number of benzene rings is 2. The van der Waals surface area contributed by atoms with E-state index in [9.17, 15) is 12.8 Å². The maximum Gasteiger partial charge on any atom is 0.243 e. The van der Waals surface area contributed by atoms with Gasteiger partial charge in [-0.1, -0.05) is 17.7 Å². The van der Waals surface area contributed by atoms with E-state index >= 15 is 0 Å². The van der Waals surface area contributed by atoms with Crippen LogP contribution in [-0.4, -0.2) is 48.8 Å². The fourth-order valence-electron chi connectivity index (χ4n) is 3.56. The van der Waals surface area contributed by atoms with Gasteiger partial charge in [0.1, 0.15) is 11.3 Å². The Morgan fingerprint density at radius 2 is 1.82 bits per heavy atom. The summed E-state index contributed by atoms with van der Waals surface area (Å²) < 4.78 is 46.4. The summed E-state index contributed by atoms with van der Waals surface area (Å²) in [6, 6.07) is 9.66. The van der Waals surface area contributed by atoms with E-state index in [1.54, 1.807) is 12.1 Å². The molecule has 1 aliphatic rings. The average molecular weight is 403 g/mol. The number of aryl methyl sites for hydroxylation is 2. The van der Waals surface area contributed by atoms with Crippen molar-refractivity contribution >= 4 is 21.1 Å². The monoisotopic (exact) mass is 403 g/mol. The van der Waals surface area contributed by atoms with Gasteiger partial charge in [0.15, 0.2) is 5.58 Å². The highest BCUT2D eigenvalue weighted by Gasteiger charge is 2.30. The van der Waals surface area contributed by atoms with Gasteiger partial charge in [-0.2, -0.15) is 4.31 Å². The molecule has 6 nitrogen and oxygen atoms in total. The lowest BCUT2D eigenvalue weighted by atomic mass is 10.2. The normalized spacial score (nSPS) is 16.7. The van der Waals surface area contributed by atoms with E-state index < -0.39 is 10.0 Å². The lowest BCUT2D eigenvalue weighted by Gasteiger charge is -2.33. The summed E-state index contributed by atoms with van der Waals surface area (Å²) in [5.41, 5.74) is 2.85. The zero-order valence-electron chi connectivity index (χ0n) is 15.9. The number of aromatic nitrogens is 1. The molecule has 0 unspecified atom stereocenters. The fraction of sp³-hybridized carbons (Fsp3) is 0.350. The Labute approximate surface area is 163 Å². The largest absolute Gasteiger partial charge is 0.439 e. The van der Waals surface area contributed by atoms with Crippen molar-refractivity contribution in [2.45, 2.75) is 25.3 Å². The van der Waals surface area contributed by atoms with Crippen LogP contribution >= 0.6 is 0 Å². The van der Waals surface area contributed by atoms with E-state index in [0.29, 0.717) is 54.6 Å². The number of rotatable bonds is 4. The molecule has 2 heterocycles. The van der Waals surface area contributed by atoms with Crippen LogP contribution in [0.15, 0.2) is 45.7 Å².